The van der Waals surface area contributed by atoms with Crippen molar-refractivity contribution in [1.29, 1.82) is 0 Å². The highest BCUT2D eigenvalue weighted by Crippen LogP contribution is 2.45. The molecule has 2 atom stereocenters. The summed E-state index contributed by atoms with van der Waals surface area (Å²) in [6.45, 7) is 4.18. The number of carbonyl (C=O) groups is 1. The lowest BCUT2D eigenvalue weighted by Crippen LogP contribution is -2.33. The molecule has 19 heavy (non-hydrogen) atoms. The Balaban J connectivity index is 1.91. The molecule has 0 N–H and O–H groups in total. The molecule has 2 heterocycles. The summed E-state index contributed by atoms with van der Waals surface area (Å²) < 4.78 is 0. The lowest BCUT2D eigenvalue weighted by molar-refractivity contribution is -0.127. The van der Waals surface area contributed by atoms with Gasteiger partial charge in [0.05, 0.1) is 0 Å². The summed E-state index contributed by atoms with van der Waals surface area (Å²) in [6.07, 6.45) is 1.72. The van der Waals surface area contributed by atoms with Crippen LogP contribution in [0.3, 0.4) is 0 Å². The number of thiocarbonyl (C=S) groups is 1. The predicted molar refractivity (Wildman–Crippen MR) is 81.8 cm³/mol. The molecule has 1 aromatic rings. The highest BCUT2D eigenvalue weighted by Gasteiger charge is 2.49. The van der Waals surface area contributed by atoms with E-state index < -0.39 is 0 Å². The monoisotopic (exact) mass is 290 g/mol. The van der Waals surface area contributed by atoms with Gasteiger partial charge in [0.1, 0.15) is 11.4 Å². The summed E-state index contributed by atoms with van der Waals surface area (Å²) in [6, 6.07) is 10.1. The van der Waals surface area contributed by atoms with E-state index in [1.807, 2.05) is 18.2 Å². The van der Waals surface area contributed by atoms with Crippen molar-refractivity contribution >= 4 is 35.0 Å². The summed E-state index contributed by atoms with van der Waals surface area (Å²) in [5.74, 6) is 0.905. The second-order valence-corrected chi connectivity index (χ2v) is 6.02. The van der Waals surface area contributed by atoms with Crippen LogP contribution in [0.1, 0.15) is 10.9 Å². The minimum absolute atomic E-state index is 0.107. The normalized spacial score (nSPS) is 25.9. The zero-order valence-corrected chi connectivity index (χ0v) is 12.0. The second kappa shape index (κ2) is 4.98. The zero-order valence-electron chi connectivity index (χ0n) is 10.4. The van der Waals surface area contributed by atoms with Gasteiger partial charge in [-0.2, -0.15) is 0 Å². The molecule has 5 heteroatoms. The minimum atomic E-state index is -0.109. The fraction of sp³-hybridized carbons (Fsp3) is 0.286. The van der Waals surface area contributed by atoms with Crippen LogP contribution in [-0.2, 0) is 4.79 Å². The van der Waals surface area contributed by atoms with Crippen LogP contribution < -0.4 is 0 Å². The third kappa shape index (κ3) is 1.97. The molecule has 2 saturated heterocycles. The third-order valence-corrected chi connectivity index (χ3v) is 5.15. The van der Waals surface area contributed by atoms with Gasteiger partial charge in [-0.15, -0.1) is 18.3 Å². The van der Waals surface area contributed by atoms with Crippen LogP contribution in [0.4, 0.5) is 0 Å². The SMILES string of the molecule is C=CCN1C(=O)[C@@H]2CSC(c3ccccc3)N2C1=S. The molecule has 98 valence electrons. The van der Waals surface area contributed by atoms with Crippen molar-refractivity contribution in [3.05, 3.63) is 48.6 Å². The summed E-state index contributed by atoms with van der Waals surface area (Å²) in [5, 5.41) is 0.784. The Labute approximate surface area is 122 Å². The molecule has 0 aromatic heterocycles. The van der Waals surface area contributed by atoms with Crippen molar-refractivity contribution < 1.29 is 4.79 Å². The van der Waals surface area contributed by atoms with E-state index in [4.69, 9.17) is 12.2 Å². The number of rotatable bonds is 3. The maximum Gasteiger partial charge on any atom is 0.252 e. The molecule has 2 aliphatic rings. The number of thioether (sulfide) groups is 1. The van der Waals surface area contributed by atoms with E-state index in [2.05, 4.69) is 23.6 Å². The van der Waals surface area contributed by atoms with E-state index in [0.717, 1.165) is 5.75 Å². The number of carbonyl (C=O) groups excluding carboxylic acids is 1. The molecule has 2 fully saturated rings. The average Bonchev–Trinajstić information content (AvgIpc) is 2.97. The van der Waals surface area contributed by atoms with Gasteiger partial charge in [-0.05, 0) is 17.8 Å². The van der Waals surface area contributed by atoms with Crippen molar-refractivity contribution in [2.24, 2.45) is 0 Å². The van der Waals surface area contributed by atoms with Crippen LogP contribution in [0.2, 0.25) is 0 Å². The quantitative estimate of drug-likeness (QED) is 0.630. The molecule has 0 bridgehead atoms. The molecular formula is C14H14N2OS2. The molecular weight excluding hydrogens is 276 g/mol. The highest BCUT2D eigenvalue weighted by atomic mass is 32.2. The average molecular weight is 290 g/mol. The van der Waals surface area contributed by atoms with E-state index in [1.54, 1.807) is 22.7 Å². The van der Waals surface area contributed by atoms with E-state index in [9.17, 15) is 4.79 Å². The van der Waals surface area contributed by atoms with E-state index in [0.29, 0.717) is 11.7 Å². The van der Waals surface area contributed by atoms with Gasteiger partial charge in [0.15, 0.2) is 5.11 Å². The van der Waals surface area contributed by atoms with Crippen LogP contribution in [-0.4, -0.2) is 39.2 Å². The Bertz CT molecular complexity index is 532. The predicted octanol–water partition coefficient (Wildman–Crippen LogP) is 2.42. The molecule has 1 amide bonds. The first-order valence-corrected chi connectivity index (χ1v) is 7.61. The Morgan fingerprint density at radius 1 is 1.42 bits per heavy atom. The van der Waals surface area contributed by atoms with Crippen LogP contribution in [0.15, 0.2) is 43.0 Å². The topological polar surface area (TPSA) is 23.6 Å². The van der Waals surface area contributed by atoms with Gasteiger partial charge in [-0.3, -0.25) is 9.69 Å². The number of nitrogens with zero attached hydrogens (tertiary/aromatic N) is 2. The van der Waals surface area contributed by atoms with Crippen molar-refractivity contribution in [2.75, 3.05) is 12.3 Å². The summed E-state index contributed by atoms with van der Waals surface area (Å²) in [7, 11) is 0. The summed E-state index contributed by atoms with van der Waals surface area (Å²) in [4.78, 5) is 16.0. The molecule has 1 aromatic carbocycles. The van der Waals surface area contributed by atoms with Gasteiger partial charge in [-0.25, -0.2) is 0 Å². The van der Waals surface area contributed by atoms with Crippen molar-refractivity contribution in [3.8, 4) is 0 Å². The summed E-state index contributed by atoms with van der Waals surface area (Å²) >= 11 is 7.25. The summed E-state index contributed by atoms with van der Waals surface area (Å²) in [5.41, 5.74) is 1.20. The van der Waals surface area contributed by atoms with Gasteiger partial charge >= 0.3 is 0 Å². The molecule has 0 spiro atoms. The van der Waals surface area contributed by atoms with E-state index >= 15 is 0 Å². The Morgan fingerprint density at radius 2 is 2.16 bits per heavy atom. The van der Waals surface area contributed by atoms with Gasteiger partial charge in [0, 0.05) is 12.3 Å². The van der Waals surface area contributed by atoms with Crippen LogP contribution >= 0.6 is 24.0 Å². The van der Waals surface area contributed by atoms with Crippen molar-refractivity contribution in [3.63, 3.8) is 0 Å². The second-order valence-electron chi connectivity index (χ2n) is 4.54. The van der Waals surface area contributed by atoms with Crippen LogP contribution in [0.25, 0.3) is 0 Å². The van der Waals surface area contributed by atoms with Crippen molar-refractivity contribution in [1.82, 2.24) is 9.80 Å². The van der Waals surface area contributed by atoms with Crippen molar-refractivity contribution in [2.45, 2.75) is 11.4 Å². The molecule has 3 nitrogen and oxygen atoms in total. The molecule has 0 radical (unpaired) electrons. The molecule has 3 rings (SSSR count). The molecule has 0 saturated carbocycles. The Kier molecular flexibility index (Phi) is 3.33. The molecule has 2 aliphatic heterocycles. The van der Waals surface area contributed by atoms with E-state index in [1.165, 1.54) is 5.56 Å². The third-order valence-electron chi connectivity index (χ3n) is 3.40. The first kappa shape index (κ1) is 12.7. The van der Waals surface area contributed by atoms with Gasteiger partial charge in [-0.1, -0.05) is 36.4 Å². The smallest absolute Gasteiger partial charge is 0.252 e. The molecule has 0 aliphatic carbocycles. The standard InChI is InChI=1S/C14H14N2OS2/c1-2-8-15-12(17)11-9-19-13(16(11)14(15)18)10-6-4-3-5-7-10/h2-7,11,13H,1,8-9H2/t11-,13?/m0/s1. The minimum Gasteiger partial charge on any atom is -0.320 e. The lowest BCUT2D eigenvalue weighted by atomic mass is 10.2. The fourth-order valence-corrected chi connectivity index (χ4v) is 4.40. The van der Waals surface area contributed by atoms with Crippen LogP contribution in [0, 0.1) is 0 Å². The number of amides is 1. The van der Waals surface area contributed by atoms with E-state index in [-0.39, 0.29) is 17.3 Å². The lowest BCUT2D eigenvalue weighted by Gasteiger charge is -2.25. The Morgan fingerprint density at radius 3 is 2.84 bits per heavy atom. The molecule has 1 unspecified atom stereocenters. The number of hydrogen-bond acceptors (Lipinski definition) is 3. The number of fused-ring (bicyclic) bond motifs is 1. The first-order chi connectivity index (χ1) is 9.24. The van der Waals surface area contributed by atoms with Gasteiger partial charge in [0.2, 0.25) is 0 Å². The first-order valence-electron chi connectivity index (χ1n) is 6.15. The van der Waals surface area contributed by atoms with Gasteiger partial charge < -0.3 is 4.90 Å². The highest BCUT2D eigenvalue weighted by molar-refractivity contribution is 7.99. The van der Waals surface area contributed by atoms with Crippen LogP contribution in [0.5, 0.6) is 0 Å². The fourth-order valence-electron chi connectivity index (χ4n) is 2.52. The number of benzene rings is 1. The largest absolute Gasteiger partial charge is 0.320 e. The maximum atomic E-state index is 12.3. The Hall–Kier alpha value is -1.33. The number of hydrogen-bond donors (Lipinski definition) is 0. The maximum absolute atomic E-state index is 12.3. The van der Waals surface area contributed by atoms with Gasteiger partial charge in [0.25, 0.3) is 5.91 Å². The zero-order chi connectivity index (χ0) is 13.4.